The molecular weight excluding hydrogens is 269 g/mol. The van der Waals surface area contributed by atoms with E-state index in [1.165, 1.54) is 58.5 Å². The molecule has 2 heterocycles. The number of halogens is 2. The molecule has 2 unspecified atom stereocenters. The van der Waals surface area contributed by atoms with Crippen LogP contribution in [0.25, 0.3) is 0 Å². The lowest BCUT2D eigenvalue weighted by Crippen LogP contribution is -2.50. The molecule has 0 amide bonds. The van der Waals surface area contributed by atoms with Crippen LogP contribution < -0.4 is 5.32 Å². The van der Waals surface area contributed by atoms with E-state index < -0.39 is 0 Å². The third-order valence-electron chi connectivity index (χ3n) is 4.26. The van der Waals surface area contributed by atoms with E-state index in [9.17, 15) is 0 Å². The number of hydrogen-bond acceptors (Lipinski definition) is 3. The summed E-state index contributed by atoms with van der Waals surface area (Å²) in [6.07, 6.45) is 4.21. The van der Waals surface area contributed by atoms with E-state index in [4.69, 9.17) is 0 Å². The number of hydrogen-bond donors (Lipinski definition) is 1. The maximum absolute atomic E-state index is 3.41. The minimum Gasteiger partial charge on any atom is -0.314 e. The summed E-state index contributed by atoms with van der Waals surface area (Å²) in [6, 6.07) is 1.60. The second-order valence-electron chi connectivity index (χ2n) is 5.46. The Morgan fingerprint density at radius 2 is 1.50 bits per heavy atom. The summed E-state index contributed by atoms with van der Waals surface area (Å²) >= 11 is 0. The molecule has 0 radical (unpaired) electrons. The Bertz CT molecular complexity index is 200. The van der Waals surface area contributed by atoms with Crippen LogP contribution in [0.5, 0.6) is 0 Å². The van der Waals surface area contributed by atoms with Gasteiger partial charge in [0.05, 0.1) is 0 Å². The van der Waals surface area contributed by atoms with Crippen molar-refractivity contribution in [2.75, 3.05) is 39.3 Å². The molecule has 0 aromatic heterocycles. The van der Waals surface area contributed by atoms with E-state index in [0.717, 1.165) is 12.1 Å². The highest BCUT2D eigenvalue weighted by Gasteiger charge is 2.24. The summed E-state index contributed by atoms with van der Waals surface area (Å²) in [5, 5.41) is 3.41. The van der Waals surface area contributed by atoms with Gasteiger partial charge in [-0.15, -0.1) is 24.8 Å². The van der Waals surface area contributed by atoms with Crippen LogP contribution in [0.4, 0.5) is 0 Å². The Balaban J connectivity index is 0.00000144. The monoisotopic (exact) mass is 297 g/mol. The van der Waals surface area contributed by atoms with Gasteiger partial charge in [0.2, 0.25) is 0 Å². The molecular formula is C13H29Cl2N3. The third-order valence-corrected chi connectivity index (χ3v) is 4.26. The molecule has 5 heteroatoms. The molecule has 2 rings (SSSR count). The smallest absolute Gasteiger partial charge is 0.0115 e. The average Bonchev–Trinajstić information content (AvgIpc) is 2.30. The Kier molecular flexibility index (Phi) is 9.62. The minimum atomic E-state index is 0. The number of rotatable bonds is 3. The zero-order valence-corrected chi connectivity index (χ0v) is 13.4. The van der Waals surface area contributed by atoms with Gasteiger partial charge in [0.25, 0.3) is 0 Å². The molecule has 2 aliphatic rings. The van der Waals surface area contributed by atoms with Gasteiger partial charge in [0, 0.05) is 51.4 Å². The molecule has 110 valence electrons. The predicted octanol–water partition coefficient (Wildman–Crippen LogP) is 2.00. The highest BCUT2D eigenvalue weighted by molar-refractivity contribution is 5.85. The molecule has 0 saturated carbocycles. The highest BCUT2D eigenvalue weighted by atomic mass is 35.5. The summed E-state index contributed by atoms with van der Waals surface area (Å²) < 4.78 is 0. The van der Waals surface area contributed by atoms with Gasteiger partial charge in [-0.3, -0.25) is 9.80 Å². The van der Waals surface area contributed by atoms with E-state index in [0.29, 0.717) is 0 Å². The Morgan fingerprint density at radius 3 is 2.06 bits per heavy atom. The second kappa shape index (κ2) is 9.38. The minimum absolute atomic E-state index is 0. The van der Waals surface area contributed by atoms with E-state index >= 15 is 0 Å². The van der Waals surface area contributed by atoms with Gasteiger partial charge in [0.1, 0.15) is 0 Å². The first kappa shape index (κ1) is 18.5. The molecule has 0 aromatic carbocycles. The maximum Gasteiger partial charge on any atom is 0.0115 e. The molecule has 0 bridgehead atoms. The lowest BCUT2D eigenvalue weighted by atomic mass is 9.97. The van der Waals surface area contributed by atoms with Gasteiger partial charge >= 0.3 is 0 Å². The van der Waals surface area contributed by atoms with Crippen LogP contribution in [0.3, 0.4) is 0 Å². The summed E-state index contributed by atoms with van der Waals surface area (Å²) in [5.41, 5.74) is 0. The van der Waals surface area contributed by atoms with Gasteiger partial charge < -0.3 is 5.32 Å². The fraction of sp³-hybridized carbons (Fsp3) is 1.00. The number of nitrogens with one attached hydrogen (secondary N) is 1. The number of likely N-dealkylation sites (tertiary alicyclic amines) is 1. The molecule has 0 aromatic rings. The fourth-order valence-electron chi connectivity index (χ4n) is 3.11. The Labute approximate surface area is 124 Å². The van der Waals surface area contributed by atoms with Gasteiger partial charge in [-0.1, -0.05) is 6.42 Å². The lowest BCUT2D eigenvalue weighted by molar-refractivity contribution is 0.0851. The summed E-state index contributed by atoms with van der Waals surface area (Å²) in [4.78, 5) is 5.32. The largest absolute Gasteiger partial charge is 0.314 e. The van der Waals surface area contributed by atoms with Crippen molar-refractivity contribution in [2.24, 2.45) is 0 Å². The molecule has 2 saturated heterocycles. The molecule has 2 atom stereocenters. The zero-order chi connectivity index (χ0) is 11.4. The standard InChI is InChI=1S/C13H27N3.2ClH/c1-12-4-3-5-13(2)16(12)11-10-15-8-6-14-7-9-15;;/h12-14H,3-11H2,1-2H3;2*1H. The first-order chi connectivity index (χ1) is 7.77. The molecule has 0 spiro atoms. The lowest BCUT2D eigenvalue weighted by Gasteiger charge is -2.40. The van der Waals surface area contributed by atoms with Crippen molar-refractivity contribution in [1.82, 2.24) is 15.1 Å². The first-order valence-corrected chi connectivity index (χ1v) is 6.96. The zero-order valence-electron chi connectivity index (χ0n) is 11.7. The van der Waals surface area contributed by atoms with Gasteiger partial charge in [-0.05, 0) is 26.7 Å². The van der Waals surface area contributed by atoms with Gasteiger partial charge in [-0.2, -0.15) is 0 Å². The Hall–Kier alpha value is 0.460. The summed E-state index contributed by atoms with van der Waals surface area (Å²) in [7, 11) is 0. The van der Waals surface area contributed by atoms with Crippen LogP contribution in [0.1, 0.15) is 33.1 Å². The summed E-state index contributed by atoms with van der Waals surface area (Å²) in [5.74, 6) is 0. The van der Waals surface area contributed by atoms with Gasteiger partial charge in [-0.25, -0.2) is 0 Å². The van der Waals surface area contributed by atoms with E-state index in [1.807, 2.05) is 0 Å². The normalized spacial score (nSPS) is 30.3. The van der Waals surface area contributed by atoms with E-state index in [-0.39, 0.29) is 24.8 Å². The summed E-state index contributed by atoms with van der Waals surface area (Å²) in [6.45, 7) is 12.1. The Morgan fingerprint density at radius 1 is 0.944 bits per heavy atom. The van der Waals surface area contributed by atoms with Crippen molar-refractivity contribution in [1.29, 1.82) is 0 Å². The second-order valence-corrected chi connectivity index (χ2v) is 5.46. The maximum atomic E-state index is 3.41. The third kappa shape index (κ3) is 5.22. The van der Waals surface area contributed by atoms with Crippen molar-refractivity contribution in [3.63, 3.8) is 0 Å². The van der Waals surface area contributed by atoms with Crippen molar-refractivity contribution >= 4 is 24.8 Å². The van der Waals surface area contributed by atoms with Crippen LogP contribution in [-0.4, -0.2) is 61.2 Å². The molecule has 2 fully saturated rings. The molecule has 18 heavy (non-hydrogen) atoms. The topological polar surface area (TPSA) is 18.5 Å². The quantitative estimate of drug-likeness (QED) is 0.860. The van der Waals surface area contributed by atoms with Crippen molar-refractivity contribution in [3.8, 4) is 0 Å². The number of piperazine rings is 1. The van der Waals surface area contributed by atoms with Crippen LogP contribution >= 0.6 is 24.8 Å². The van der Waals surface area contributed by atoms with E-state index in [2.05, 4.69) is 29.0 Å². The van der Waals surface area contributed by atoms with Crippen LogP contribution in [-0.2, 0) is 0 Å². The number of piperidine rings is 1. The molecule has 3 nitrogen and oxygen atoms in total. The van der Waals surface area contributed by atoms with Crippen molar-refractivity contribution in [2.45, 2.75) is 45.2 Å². The van der Waals surface area contributed by atoms with Crippen LogP contribution in [0, 0.1) is 0 Å². The predicted molar refractivity (Wildman–Crippen MR) is 83.3 cm³/mol. The van der Waals surface area contributed by atoms with E-state index in [1.54, 1.807) is 0 Å². The molecule has 0 aliphatic carbocycles. The van der Waals surface area contributed by atoms with Crippen molar-refractivity contribution in [3.05, 3.63) is 0 Å². The van der Waals surface area contributed by atoms with Crippen LogP contribution in [0.2, 0.25) is 0 Å². The average molecular weight is 298 g/mol. The fourth-order valence-corrected chi connectivity index (χ4v) is 3.11. The van der Waals surface area contributed by atoms with Crippen molar-refractivity contribution < 1.29 is 0 Å². The first-order valence-electron chi connectivity index (χ1n) is 6.96. The number of nitrogens with zero attached hydrogens (tertiary/aromatic N) is 2. The highest BCUT2D eigenvalue weighted by Crippen LogP contribution is 2.21. The van der Waals surface area contributed by atoms with Gasteiger partial charge in [0.15, 0.2) is 0 Å². The SMILES string of the molecule is CC1CCCC(C)N1CCN1CCNCC1.Cl.Cl. The molecule has 2 aliphatic heterocycles. The molecule has 1 N–H and O–H groups in total. The van der Waals surface area contributed by atoms with Crippen LogP contribution in [0.15, 0.2) is 0 Å².